The fourth-order valence-electron chi connectivity index (χ4n) is 2.88. The van der Waals surface area contributed by atoms with Gasteiger partial charge in [0.05, 0.1) is 19.8 Å². The van der Waals surface area contributed by atoms with Crippen molar-refractivity contribution in [3.8, 4) is 11.5 Å². The number of fused-ring (bicyclic) bond motifs is 1. The lowest BCUT2D eigenvalue weighted by atomic mass is 10.0. The van der Waals surface area contributed by atoms with Gasteiger partial charge in [-0.25, -0.2) is 0 Å². The molecule has 0 aliphatic carbocycles. The maximum Gasteiger partial charge on any atom is 0.232 e. The van der Waals surface area contributed by atoms with Crippen LogP contribution >= 0.6 is 0 Å². The van der Waals surface area contributed by atoms with E-state index in [1.807, 2.05) is 13.0 Å². The smallest absolute Gasteiger partial charge is 0.232 e. The summed E-state index contributed by atoms with van der Waals surface area (Å²) in [4.78, 5) is 24.7. The van der Waals surface area contributed by atoms with Crippen LogP contribution in [0.2, 0.25) is 0 Å². The lowest BCUT2D eigenvalue weighted by Crippen LogP contribution is -2.08. The van der Waals surface area contributed by atoms with Crippen molar-refractivity contribution in [1.29, 1.82) is 0 Å². The van der Waals surface area contributed by atoms with Gasteiger partial charge in [0.1, 0.15) is 17.1 Å². The SMILES string of the molecule is CCC(=O)Nc1ccc2c(C)c(C(=O)c3cc(OC)ccc3OC)oc2c1. The fraction of sp³-hybridized carbons (Fsp3) is 0.238. The Balaban J connectivity index is 2.05. The van der Waals surface area contributed by atoms with Crippen LogP contribution in [0.25, 0.3) is 11.0 Å². The minimum Gasteiger partial charge on any atom is -0.497 e. The summed E-state index contributed by atoms with van der Waals surface area (Å²) < 4.78 is 16.4. The molecule has 0 unspecified atom stereocenters. The second-order valence-electron chi connectivity index (χ2n) is 6.06. The third-order valence-corrected chi connectivity index (χ3v) is 4.40. The van der Waals surface area contributed by atoms with E-state index in [0.717, 1.165) is 10.9 Å². The third kappa shape index (κ3) is 3.51. The lowest BCUT2D eigenvalue weighted by molar-refractivity contribution is -0.115. The van der Waals surface area contributed by atoms with E-state index >= 15 is 0 Å². The Bertz CT molecular complexity index is 1020. The summed E-state index contributed by atoms with van der Waals surface area (Å²) in [7, 11) is 3.04. The fourth-order valence-corrected chi connectivity index (χ4v) is 2.88. The van der Waals surface area contributed by atoms with Crippen LogP contribution in [0, 0.1) is 6.92 Å². The molecule has 0 saturated heterocycles. The van der Waals surface area contributed by atoms with E-state index in [9.17, 15) is 9.59 Å². The van der Waals surface area contributed by atoms with Crippen molar-refractivity contribution in [2.75, 3.05) is 19.5 Å². The third-order valence-electron chi connectivity index (χ3n) is 4.40. The van der Waals surface area contributed by atoms with Crippen LogP contribution in [0.5, 0.6) is 11.5 Å². The summed E-state index contributed by atoms with van der Waals surface area (Å²) in [6.07, 6.45) is 0.384. The Morgan fingerprint density at radius 3 is 2.52 bits per heavy atom. The minimum atomic E-state index is -0.293. The van der Waals surface area contributed by atoms with E-state index in [0.29, 0.717) is 34.8 Å². The van der Waals surface area contributed by atoms with Crippen LogP contribution in [-0.2, 0) is 4.79 Å². The highest BCUT2D eigenvalue weighted by Crippen LogP contribution is 2.32. The molecule has 27 heavy (non-hydrogen) atoms. The molecular weight excluding hydrogens is 346 g/mol. The number of aryl methyl sites for hydroxylation is 1. The van der Waals surface area contributed by atoms with Crippen LogP contribution in [-0.4, -0.2) is 25.9 Å². The van der Waals surface area contributed by atoms with Crippen LogP contribution in [0.4, 0.5) is 5.69 Å². The average molecular weight is 367 g/mol. The first-order valence-corrected chi connectivity index (χ1v) is 8.58. The summed E-state index contributed by atoms with van der Waals surface area (Å²) in [6.45, 7) is 3.61. The molecule has 0 spiro atoms. The first-order valence-electron chi connectivity index (χ1n) is 8.58. The highest BCUT2D eigenvalue weighted by atomic mass is 16.5. The van der Waals surface area contributed by atoms with Crippen molar-refractivity contribution in [3.63, 3.8) is 0 Å². The number of amides is 1. The summed E-state index contributed by atoms with van der Waals surface area (Å²) in [5, 5.41) is 3.60. The van der Waals surface area contributed by atoms with Crippen molar-refractivity contribution in [2.45, 2.75) is 20.3 Å². The molecule has 6 heteroatoms. The lowest BCUT2D eigenvalue weighted by Gasteiger charge is -2.08. The first kappa shape index (κ1) is 18.5. The van der Waals surface area contributed by atoms with Crippen LogP contribution in [0.1, 0.15) is 35.0 Å². The molecule has 140 valence electrons. The Morgan fingerprint density at radius 1 is 1.07 bits per heavy atom. The molecule has 1 N–H and O–H groups in total. The van der Waals surface area contributed by atoms with E-state index in [4.69, 9.17) is 13.9 Å². The van der Waals surface area contributed by atoms with Gasteiger partial charge in [0.2, 0.25) is 11.7 Å². The van der Waals surface area contributed by atoms with Gasteiger partial charge in [0.15, 0.2) is 5.76 Å². The average Bonchev–Trinajstić information content (AvgIpc) is 3.02. The summed E-state index contributed by atoms with van der Waals surface area (Å²) in [5.41, 5.74) is 2.25. The normalized spacial score (nSPS) is 10.7. The molecule has 1 amide bonds. The van der Waals surface area contributed by atoms with Crippen molar-refractivity contribution in [1.82, 2.24) is 0 Å². The number of ether oxygens (including phenoxy) is 2. The molecule has 0 fully saturated rings. The number of benzene rings is 2. The number of hydrogen-bond acceptors (Lipinski definition) is 5. The Kier molecular flexibility index (Phi) is 5.16. The predicted octanol–water partition coefficient (Wildman–Crippen LogP) is 4.34. The van der Waals surface area contributed by atoms with Crippen LogP contribution < -0.4 is 14.8 Å². The molecule has 0 saturated carbocycles. The van der Waals surface area contributed by atoms with E-state index in [1.54, 1.807) is 37.3 Å². The number of rotatable bonds is 6. The molecule has 0 atom stereocenters. The van der Waals surface area contributed by atoms with Gasteiger partial charge in [-0.2, -0.15) is 0 Å². The predicted molar refractivity (Wildman–Crippen MR) is 103 cm³/mol. The van der Waals surface area contributed by atoms with E-state index in [-0.39, 0.29) is 17.5 Å². The topological polar surface area (TPSA) is 77.8 Å². The number of carbonyl (C=O) groups is 2. The molecular formula is C21H21NO5. The minimum absolute atomic E-state index is 0.0879. The van der Waals surface area contributed by atoms with Gasteiger partial charge < -0.3 is 19.2 Å². The van der Waals surface area contributed by atoms with Crippen molar-refractivity contribution >= 4 is 28.3 Å². The van der Waals surface area contributed by atoms with Gasteiger partial charge in [-0.3, -0.25) is 9.59 Å². The molecule has 6 nitrogen and oxygen atoms in total. The maximum absolute atomic E-state index is 13.1. The Morgan fingerprint density at radius 2 is 1.85 bits per heavy atom. The number of anilines is 1. The number of hydrogen-bond donors (Lipinski definition) is 1. The monoisotopic (exact) mass is 367 g/mol. The highest BCUT2D eigenvalue weighted by Gasteiger charge is 2.23. The van der Waals surface area contributed by atoms with Crippen LogP contribution in [0.3, 0.4) is 0 Å². The molecule has 3 rings (SSSR count). The Labute approximate surface area is 157 Å². The summed E-state index contributed by atoms with van der Waals surface area (Å²) in [5.74, 6) is 0.846. The number of ketones is 1. The molecule has 0 aliphatic rings. The zero-order valence-corrected chi connectivity index (χ0v) is 15.7. The van der Waals surface area contributed by atoms with E-state index in [1.165, 1.54) is 14.2 Å². The second-order valence-corrected chi connectivity index (χ2v) is 6.06. The number of methoxy groups -OCH3 is 2. The van der Waals surface area contributed by atoms with Gasteiger partial charge in [-0.15, -0.1) is 0 Å². The van der Waals surface area contributed by atoms with Gasteiger partial charge in [-0.1, -0.05) is 6.92 Å². The molecule has 0 radical (unpaired) electrons. The molecule has 1 aromatic heterocycles. The van der Waals surface area contributed by atoms with E-state index < -0.39 is 0 Å². The maximum atomic E-state index is 13.1. The largest absolute Gasteiger partial charge is 0.497 e. The number of carbonyl (C=O) groups excluding carboxylic acids is 2. The molecule has 0 bridgehead atoms. The van der Waals surface area contributed by atoms with Crippen molar-refractivity contribution < 1.29 is 23.5 Å². The zero-order valence-electron chi connectivity index (χ0n) is 15.7. The summed E-state index contributed by atoms with van der Waals surface area (Å²) >= 11 is 0. The van der Waals surface area contributed by atoms with Crippen molar-refractivity contribution in [3.05, 3.63) is 53.3 Å². The molecule has 1 heterocycles. The molecule has 2 aromatic carbocycles. The molecule has 3 aromatic rings. The number of furan rings is 1. The standard InChI is InChI=1S/C21H21NO5/c1-5-19(23)22-13-6-8-15-12(2)21(27-18(15)10-13)20(24)16-11-14(25-3)7-9-17(16)26-4/h6-11H,5H2,1-4H3,(H,22,23). The summed E-state index contributed by atoms with van der Waals surface area (Å²) in [6, 6.07) is 10.4. The zero-order chi connectivity index (χ0) is 19.6. The van der Waals surface area contributed by atoms with E-state index in [2.05, 4.69) is 5.32 Å². The van der Waals surface area contributed by atoms with Crippen molar-refractivity contribution in [2.24, 2.45) is 0 Å². The van der Waals surface area contributed by atoms with Gasteiger partial charge in [0.25, 0.3) is 0 Å². The molecule has 0 aliphatic heterocycles. The Hall–Kier alpha value is -3.28. The first-order chi connectivity index (χ1) is 13.0. The van der Waals surface area contributed by atoms with Gasteiger partial charge in [0, 0.05) is 29.1 Å². The highest BCUT2D eigenvalue weighted by molar-refractivity contribution is 6.12. The quantitative estimate of drug-likeness (QED) is 0.656. The van der Waals surface area contributed by atoms with Crippen LogP contribution in [0.15, 0.2) is 40.8 Å². The van der Waals surface area contributed by atoms with Gasteiger partial charge in [-0.05, 0) is 37.3 Å². The number of nitrogens with one attached hydrogen (secondary N) is 1. The second kappa shape index (κ2) is 7.53. The van der Waals surface area contributed by atoms with Gasteiger partial charge >= 0.3 is 0 Å².